The van der Waals surface area contributed by atoms with Gasteiger partial charge in [0.25, 0.3) is 0 Å². The molecule has 1 N–H and O–H groups in total. The van der Waals surface area contributed by atoms with Crippen LogP contribution in [-0.4, -0.2) is 28.1 Å². The second-order valence-electron chi connectivity index (χ2n) is 13.8. The Labute approximate surface area is 285 Å². The summed E-state index contributed by atoms with van der Waals surface area (Å²) < 4.78 is 0. The molecule has 1 aromatic rings. The van der Waals surface area contributed by atoms with Gasteiger partial charge in [-0.1, -0.05) is 161 Å². The van der Waals surface area contributed by atoms with Gasteiger partial charge in [0.1, 0.15) is 5.75 Å². The number of hydrogen-bond acceptors (Lipinski definition) is 3. The highest BCUT2D eigenvalue weighted by atomic mass is 32.2. The highest BCUT2D eigenvalue weighted by Gasteiger charge is 2.14. The number of aromatic hydroxyl groups is 1. The largest absolute Gasteiger partial charge is 0.508 e. The van der Waals surface area contributed by atoms with Gasteiger partial charge in [-0.05, 0) is 91.1 Å². The summed E-state index contributed by atoms with van der Waals surface area (Å²) in [5.74, 6) is 7.42. The molecule has 3 heteroatoms. The molecule has 2 unspecified atom stereocenters. The summed E-state index contributed by atoms with van der Waals surface area (Å²) in [6.45, 7) is 6.98. The van der Waals surface area contributed by atoms with Crippen LogP contribution in [0.4, 0.5) is 0 Å². The fourth-order valence-corrected chi connectivity index (χ4v) is 8.94. The van der Waals surface area contributed by atoms with Crippen LogP contribution in [0.2, 0.25) is 0 Å². The molecule has 1 aromatic carbocycles. The van der Waals surface area contributed by atoms with Crippen LogP contribution in [0.25, 0.3) is 0 Å². The average molecular weight is 649 g/mol. The van der Waals surface area contributed by atoms with Crippen molar-refractivity contribution in [2.24, 2.45) is 11.8 Å². The Morgan fingerprint density at radius 1 is 0.455 bits per heavy atom. The molecule has 2 atom stereocenters. The van der Waals surface area contributed by atoms with E-state index in [9.17, 15) is 5.11 Å². The van der Waals surface area contributed by atoms with Gasteiger partial charge < -0.3 is 5.11 Å². The first kappa shape index (κ1) is 41.7. The molecule has 0 aliphatic rings. The van der Waals surface area contributed by atoms with Crippen molar-refractivity contribution >= 4 is 23.5 Å². The van der Waals surface area contributed by atoms with Crippen LogP contribution in [0.15, 0.2) is 24.3 Å². The van der Waals surface area contributed by atoms with Gasteiger partial charge in [0.15, 0.2) is 0 Å². The van der Waals surface area contributed by atoms with E-state index in [4.69, 9.17) is 0 Å². The zero-order chi connectivity index (χ0) is 31.8. The Hall–Kier alpha value is -0.280. The number of rotatable bonds is 34. The van der Waals surface area contributed by atoms with E-state index in [1.807, 2.05) is 12.1 Å². The summed E-state index contributed by atoms with van der Waals surface area (Å²) in [5, 5.41) is 9.75. The zero-order valence-corrected chi connectivity index (χ0v) is 31.6. The van der Waals surface area contributed by atoms with Crippen molar-refractivity contribution in [3.8, 4) is 5.75 Å². The molecule has 0 aromatic heterocycles. The summed E-state index contributed by atoms with van der Waals surface area (Å²) >= 11 is 4.45. The first-order valence-electron chi connectivity index (χ1n) is 19.6. The molecule has 1 rings (SSSR count). The minimum absolute atomic E-state index is 0.387. The van der Waals surface area contributed by atoms with Crippen LogP contribution in [0.3, 0.4) is 0 Å². The molecular weight excluding hydrogens is 573 g/mol. The number of phenolic OH excluding ortho intramolecular Hbond substituents is 1. The Kier molecular flexibility index (Phi) is 31.0. The summed E-state index contributed by atoms with van der Waals surface area (Å²) in [7, 11) is 0. The van der Waals surface area contributed by atoms with Crippen LogP contribution in [-0.2, 0) is 6.42 Å². The highest BCUT2D eigenvalue weighted by molar-refractivity contribution is 7.99. The third-order valence-corrected chi connectivity index (χ3v) is 11.9. The predicted octanol–water partition coefficient (Wildman–Crippen LogP) is 14.4. The molecule has 258 valence electrons. The number of phenols is 1. The lowest BCUT2D eigenvalue weighted by molar-refractivity contribution is 0.427. The quantitative estimate of drug-likeness (QED) is 0.0751. The number of thioether (sulfide) groups is 2. The van der Waals surface area contributed by atoms with Gasteiger partial charge in [0.05, 0.1) is 0 Å². The van der Waals surface area contributed by atoms with Crippen LogP contribution in [0.1, 0.15) is 187 Å². The third-order valence-electron chi connectivity index (χ3n) is 9.37. The SMILES string of the molecule is CCCCCCCCCCCCSCC(CCC)CCCC(CSCCCCCCCCCCCC)Cc1ccc(O)cc1. The predicted molar refractivity (Wildman–Crippen MR) is 206 cm³/mol. The molecule has 0 heterocycles. The van der Waals surface area contributed by atoms with E-state index in [1.54, 1.807) is 0 Å². The van der Waals surface area contributed by atoms with Crippen LogP contribution < -0.4 is 0 Å². The number of unbranched alkanes of at least 4 members (excludes halogenated alkanes) is 18. The topological polar surface area (TPSA) is 20.2 Å². The number of benzene rings is 1. The minimum Gasteiger partial charge on any atom is -0.508 e. The normalized spacial score (nSPS) is 13.0. The third kappa shape index (κ3) is 26.9. The lowest BCUT2D eigenvalue weighted by Gasteiger charge is -2.20. The summed E-state index contributed by atoms with van der Waals surface area (Å²) in [5.41, 5.74) is 1.39. The lowest BCUT2D eigenvalue weighted by Crippen LogP contribution is -2.11. The van der Waals surface area contributed by atoms with Crippen molar-refractivity contribution < 1.29 is 5.11 Å². The van der Waals surface area contributed by atoms with Crippen LogP contribution in [0.5, 0.6) is 5.75 Å². The molecule has 44 heavy (non-hydrogen) atoms. The van der Waals surface area contributed by atoms with Gasteiger partial charge >= 0.3 is 0 Å². The Bertz CT molecular complexity index is 690. The van der Waals surface area contributed by atoms with Crippen molar-refractivity contribution in [2.45, 2.75) is 188 Å². The van der Waals surface area contributed by atoms with Gasteiger partial charge in [-0.15, -0.1) is 0 Å². The first-order chi connectivity index (χ1) is 21.7. The molecule has 0 saturated carbocycles. The Balaban J connectivity index is 2.24. The van der Waals surface area contributed by atoms with Gasteiger partial charge in [-0.2, -0.15) is 23.5 Å². The van der Waals surface area contributed by atoms with E-state index in [-0.39, 0.29) is 0 Å². The van der Waals surface area contributed by atoms with Gasteiger partial charge in [-0.3, -0.25) is 0 Å². The molecule has 0 fully saturated rings. The van der Waals surface area contributed by atoms with Crippen molar-refractivity contribution in [2.75, 3.05) is 23.0 Å². The van der Waals surface area contributed by atoms with Crippen molar-refractivity contribution in [1.29, 1.82) is 0 Å². The standard InChI is InChI=1S/C41H76OS2/c1-4-7-9-11-13-15-17-19-21-23-33-43-36-39(26-6-3)27-25-28-40(35-38-29-31-41(42)32-30-38)37-44-34-24-22-20-18-16-14-12-10-8-5-2/h29-32,39-40,42H,4-28,33-37H2,1-3H3. The first-order valence-corrected chi connectivity index (χ1v) is 21.9. The molecular formula is C41H76OS2. The zero-order valence-electron chi connectivity index (χ0n) is 29.9. The monoisotopic (exact) mass is 649 g/mol. The Morgan fingerprint density at radius 2 is 0.864 bits per heavy atom. The van der Waals surface area contributed by atoms with E-state index in [2.05, 4.69) is 56.4 Å². The van der Waals surface area contributed by atoms with E-state index in [1.165, 1.54) is 189 Å². The Morgan fingerprint density at radius 3 is 1.32 bits per heavy atom. The van der Waals surface area contributed by atoms with Crippen LogP contribution >= 0.6 is 23.5 Å². The molecule has 0 saturated heterocycles. The number of hydrogen-bond donors (Lipinski definition) is 1. The second kappa shape index (κ2) is 32.7. The summed E-state index contributed by atoms with van der Waals surface area (Å²) in [4.78, 5) is 0. The van der Waals surface area contributed by atoms with Crippen molar-refractivity contribution in [3.05, 3.63) is 29.8 Å². The highest BCUT2D eigenvalue weighted by Crippen LogP contribution is 2.26. The summed E-state index contributed by atoms with van der Waals surface area (Å²) in [6.07, 6.45) is 36.7. The van der Waals surface area contributed by atoms with E-state index < -0.39 is 0 Å². The van der Waals surface area contributed by atoms with Crippen molar-refractivity contribution in [1.82, 2.24) is 0 Å². The van der Waals surface area contributed by atoms with Gasteiger partial charge in [0.2, 0.25) is 0 Å². The fourth-order valence-electron chi connectivity index (χ4n) is 6.51. The molecule has 0 spiro atoms. The molecule has 0 bridgehead atoms. The molecule has 0 aliphatic carbocycles. The maximum atomic E-state index is 9.75. The fraction of sp³-hybridized carbons (Fsp3) is 0.854. The molecule has 0 radical (unpaired) electrons. The van der Waals surface area contributed by atoms with Crippen molar-refractivity contribution in [3.63, 3.8) is 0 Å². The smallest absolute Gasteiger partial charge is 0.115 e. The van der Waals surface area contributed by atoms with Crippen LogP contribution in [0, 0.1) is 11.8 Å². The second-order valence-corrected chi connectivity index (χ2v) is 16.1. The molecule has 0 amide bonds. The average Bonchev–Trinajstić information content (AvgIpc) is 3.03. The van der Waals surface area contributed by atoms with Gasteiger partial charge in [0, 0.05) is 0 Å². The summed E-state index contributed by atoms with van der Waals surface area (Å²) in [6, 6.07) is 8.01. The van der Waals surface area contributed by atoms with E-state index in [0.29, 0.717) is 5.75 Å². The maximum absolute atomic E-state index is 9.75. The lowest BCUT2D eigenvalue weighted by atomic mass is 9.92. The van der Waals surface area contributed by atoms with E-state index in [0.717, 1.165) is 18.3 Å². The minimum atomic E-state index is 0.387. The maximum Gasteiger partial charge on any atom is 0.115 e. The molecule has 0 aliphatic heterocycles. The molecule has 1 nitrogen and oxygen atoms in total. The van der Waals surface area contributed by atoms with Gasteiger partial charge in [-0.25, -0.2) is 0 Å². The van der Waals surface area contributed by atoms with E-state index >= 15 is 0 Å².